The van der Waals surface area contributed by atoms with E-state index in [1.165, 1.54) is 12.8 Å². The van der Waals surface area contributed by atoms with Crippen molar-refractivity contribution in [1.82, 2.24) is 5.32 Å². The van der Waals surface area contributed by atoms with Crippen LogP contribution in [-0.4, -0.2) is 25.0 Å². The number of carbonyl (C=O) groups excluding carboxylic acids is 1. The summed E-state index contributed by atoms with van der Waals surface area (Å²) in [4.78, 5) is 10.5. The number of nitrogens with one attached hydrogen (secondary N) is 1. The number of hydrogen-bond donors (Lipinski definition) is 1. The van der Waals surface area contributed by atoms with Crippen molar-refractivity contribution in [3.05, 3.63) is 29.8 Å². The summed E-state index contributed by atoms with van der Waals surface area (Å²) in [6.07, 6.45) is 3.41. The molecule has 0 bridgehead atoms. The van der Waals surface area contributed by atoms with Gasteiger partial charge in [-0.05, 0) is 50.6 Å². The van der Waals surface area contributed by atoms with Gasteiger partial charge in [0, 0.05) is 11.6 Å². The fourth-order valence-corrected chi connectivity index (χ4v) is 2.03. The SMILES string of the molecule is CC(Oc1ccc(C=O)cc1)C1CCCN1. The maximum Gasteiger partial charge on any atom is 0.150 e. The van der Waals surface area contributed by atoms with Gasteiger partial charge >= 0.3 is 0 Å². The van der Waals surface area contributed by atoms with Gasteiger partial charge in [0.05, 0.1) is 0 Å². The van der Waals surface area contributed by atoms with Crippen LogP contribution in [0, 0.1) is 0 Å². The molecule has 0 aromatic heterocycles. The van der Waals surface area contributed by atoms with Gasteiger partial charge in [-0.2, -0.15) is 0 Å². The molecule has 86 valence electrons. The minimum atomic E-state index is 0.171. The quantitative estimate of drug-likeness (QED) is 0.787. The lowest BCUT2D eigenvalue weighted by Crippen LogP contribution is -2.36. The van der Waals surface area contributed by atoms with Crippen LogP contribution in [0.4, 0.5) is 0 Å². The van der Waals surface area contributed by atoms with Crippen molar-refractivity contribution in [3.63, 3.8) is 0 Å². The first-order valence-electron chi connectivity index (χ1n) is 5.75. The average Bonchev–Trinajstić information content (AvgIpc) is 2.83. The van der Waals surface area contributed by atoms with Crippen molar-refractivity contribution in [2.75, 3.05) is 6.54 Å². The predicted octanol–water partition coefficient (Wildman–Crippen LogP) is 2.02. The lowest BCUT2D eigenvalue weighted by atomic mass is 10.1. The number of rotatable bonds is 4. The van der Waals surface area contributed by atoms with Gasteiger partial charge in [0.25, 0.3) is 0 Å². The number of benzene rings is 1. The first kappa shape index (κ1) is 11.1. The summed E-state index contributed by atoms with van der Waals surface area (Å²) in [6, 6.07) is 7.68. The van der Waals surface area contributed by atoms with E-state index in [1.807, 2.05) is 12.1 Å². The Hall–Kier alpha value is -1.35. The van der Waals surface area contributed by atoms with Gasteiger partial charge in [-0.3, -0.25) is 4.79 Å². The van der Waals surface area contributed by atoms with Gasteiger partial charge < -0.3 is 10.1 Å². The molecule has 1 aliphatic rings. The Bertz CT molecular complexity index is 341. The van der Waals surface area contributed by atoms with E-state index in [0.29, 0.717) is 11.6 Å². The second-order valence-electron chi connectivity index (χ2n) is 4.21. The van der Waals surface area contributed by atoms with E-state index in [2.05, 4.69) is 12.2 Å². The fourth-order valence-electron chi connectivity index (χ4n) is 2.03. The summed E-state index contributed by atoms with van der Waals surface area (Å²) in [5, 5.41) is 3.42. The molecule has 1 aliphatic heterocycles. The van der Waals surface area contributed by atoms with Crippen LogP contribution in [0.25, 0.3) is 0 Å². The third kappa shape index (κ3) is 2.61. The molecule has 16 heavy (non-hydrogen) atoms. The number of carbonyl (C=O) groups is 1. The van der Waals surface area contributed by atoms with Crippen LogP contribution >= 0.6 is 0 Å². The predicted molar refractivity (Wildman–Crippen MR) is 62.9 cm³/mol. The third-order valence-corrected chi connectivity index (χ3v) is 3.00. The summed E-state index contributed by atoms with van der Waals surface area (Å²) in [5.41, 5.74) is 0.680. The van der Waals surface area contributed by atoms with E-state index in [1.54, 1.807) is 12.1 Å². The molecule has 2 unspecified atom stereocenters. The van der Waals surface area contributed by atoms with Crippen molar-refractivity contribution < 1.29 is 9.53 Å². The second-order valence-corrected chi connectivity index (χ2v) is 4.21. The van der Waals surface area contributed by atoms with E-state index in [4.69, 9.17) is 4.74 Å². The maximum atomic E-state index is 10.5. The zero-order valence-electron chi connectivity index (χ0n) is 9.48. The highest BCUT2D eigenvalue weighted by molar-refractivity contribution is 5.74. The summed E-state index contributed by atoms with van der Waals surface area (Å²) in [7, 11) is 0. The largest absolute Gasteiger partial charge is 0.489 e. The van der Waals surface area contributed by atoms with E-state index in [0.717, 1.165) is 18.6 Å². The monoisotopic (exact) mass is 219 g/mol. The number of hydrogen-bond acceptors (Lipinski definition) is 3. The van der Waals surface area contributed by atoms with Gasteiger partial charge in [0.2, 0.25) is 0 Å². The molecule has 3 heteroatoms. The zero-order chi connectivity index (χ0) is 11.4. The Balaban J connectivity index is 1.94. The maximum absolute atomic E-state index is 10.5. The molecule has 1 heterocycles. The smallest absolute Gasteiger partial charge is 0.150 e. The van der Waals surface area contributed by atoms with Crippen LogP contribution in [0.15, 0.2) is 24.3 Å². The first-order chi connectivity index (χ1) is 7.79. The summed E-state index contributed by atoms with van der Waals surface area (Å²) < 4.78 is 5.82. The normalized spacial score (nSPS) is 21.7. The van der Waals surface area contributed by atoms with E-state index >= 15 is 0 Å². The molecule has 0 amide bonds. The topological polar surface area (TPSA) is 38.3 Å². The molecule has 0 spiro atoms. The van der Waals surface area contributed by atoms with Crippen LogP contribution in [0.2, 0.25) is 0 Å². The molecular weight excluding hydrogens is 202 g/mol. The first-order valence-corrected chi connectivity index (χ1v) is 5.75. The van der Waals surface area contributed by atoms with Crippen LogP contribution in [-0.2, 0) is 0 Å². The highest BCUT2D eigenvalue weighted by Gasteiger charge is 2.21. The summed E-state index contributed by atoms with van der Waals surface area (Å²) in [5.74, 6) is 0.826. The van der Waals surface area contributed by atoms with Crippen molar-refractivity contribution in [2.45, 2.75) is 31.9 Å². The Morgan fingerprint density at radius 2 is 2.19 bits per heavy atom. The molecule has 1 N–H and O–H groups in total. The molecule has 0 radical (unpaired) electrons. The van der Waals surface area contributed by atoms with Gasteiger partial charge in [-0.1, -0.05) is 0 Å². The van der Waals surface area contributed by atoms with E-state index in [-0.39, 0.29) is 6.10 Å². The molecule has 0 saturated carbocycles. The van der Waals surface area contributed by atoms with Crippen LogP contribution in [0.5, 0.6) is 5.75 Å². The molecule has 1 fully saturated rings. The Morgan fingerprint density at radius 1 is 1.44 bits per heavy atom. The van der Waals surface area contributed by atoms with Crippen LogP contribution in [0.1, 0.15) is 30.1 Å². The summed E-state index contributed by atoms with van der Waals surface area (Å²) in [6.45, 7) is 3.17. The van der Waals surface area contributed by atoms with Gasteiger partial charge in [0.15, 0.2) is 0 Å². The molecule has 1 aromatic rings. The molecular formula is C13H17NO2. The lowest BCUT2D eigenvalue weighted by molar-refractivity contribution is 0.112. The molecule has 0 aliphatic carbocycles. The van der Waals surface area contributed by atoms with Gasteiger partial charge in [-0.15, -0.1) is 0 Å². The molecule has 2 rings (SSSR count). The molecule has 2 atom stereocenters. The third-order valence-electron chi connectivity index (χ3n) is 3.00. The van der Waals surface area contributed by atoms with Crippen molar-refractivity contribution >= 4 is 6.29 Å². The van der Waals surface area contributed by atoms with Crippen molar-refractivity contribution in [2.24, 2.45) is 0 Å². The number of ether oxygens (including phenoxy) is 1. The Labute approximate surface area is 95.8 Å². The van der Waals surface area contributed by atoms with Crippen molar-refractivity contribution in [3.8, 4) is 5.75 Å². The van der Waals surface area contributed by atoms with Crippen molar-refractivity contribution in [1.29, 1.82) is 0 Å². The van der Waals surface area contributed by atoms with Crippen LogP contribution < -0.4 is 10.1 Å². The molecule has 1 aromatic carbocycles. The average molecular weight is 219 g/mol. The van der Waals surface area contributed by atoms with Gasteiger partial charge in [0.1, 0.15) is 18.1 Å². The van der Waals surface area contributed by atoms with E-state index < -0.39 is 0 Å². The lowest BCUT2D eigenvalue weighted by Gasteiger charge is -2.21. The second kappa shape index (κ2) is 5.12. The molecule has 3 nitrogen and oxygen atoms in total. The Kier molecular flexibility index (Phi) is 3.57. The van der Waals surface area contributed by atoms with E-state index in [9.17, 15) is 4.79 Å². The zero-order valence-corrected chi connectivity index (χ0v) is 9.48. The molecule has 1 saturated heterocycles. The minimum Gasteiger partial charge on any atom is -0.489 e. The standard InChI is InChI=1S/C13H17NO2/c1-10(13-3-2-8-14-13)16-12-6-4-11(9-15)5-7-12/h4-7,9-10,13-14H,2-3,8H2,1H3. The highest BCUT2D eigenvalue weighted by atomic mass is 16.5. The Morgan fingerprint density at radius 3 is 2.75 bits per heavy atom. The summed E-state index contributed by atoms with van der Waals surface area (Å²) >= 11 is 0. The van der Waals surface area contributed by atoms with Crippen LogP contribution in [0.3, 0.4) is 0 Å². The fraction of sp³-hybridized carbons (Fsp3) is 0.462. The highest BCUT2D eigenvalue weighted by Crippen LogP contribution is 2.17. The minimum absolute atomic E-state index is 0.171. The number of aldehydes is 1. The van der Waals surface area contributed by atoms with Gasteiger partial charge in [-0.25, -0.2) is 0 Å².